The second kappa shape index (κ2) is 9.32. The predicted molar refractivity (Wildman–Crippen MR) is 76.4 cm³/mol. The summed E-state index contributed by atoms with van der Waals surface area (Å²) < 4.78 is 5.41. The highest BCUT2D eigenvalue weighted by molar-refractivity contribution is 5.34. The number of rotatable bonds is 9. The summed E-state index contributed by atoms with van der Waals surface area (Å²) in [7, 11) is 0. The van der Waals surface area contributed by atoms with Gasteiger partial charge in [-0.3, -0.25) is 0 Å². The number of aliphatic hydroxyl groups is 2. The van der Waals surface area contributed by atoms with Crippen LogP contribution in [0.25, 0.3) is 0 Å². The Morgan fingerprint density at radius 1 is 1.20 bits per heavy atom. The molecule has 20 heavy (non-hydrogen) atoms. The lowest BCUT2D eigenvalue weighted by molar-refractivity contribution is 0.0984. The summed E-state index contributed by atoms with van der Waals surface area (Å²) in [4.78, 5) is 0. The molecule has 5 heteroatoms. The molecule has 0 aliphatic rings. The standard InChI is InChI=1S/C15H22N2O3/c1-2-3-13(18)9-17-10-14(19)11-20-15-6-4-12(8-16)5-7-15/h4-7,13-14,17-19H,2-3,9-11H2,1H3. The summed E-state index contributed by atoms with van der Waals surface area (Å²) in [6.07, 6.45) is 0.684. The normalized spacial score (nSPS) is 13.5. The number of nitrogens with zero attached hydrogens (tertiary/aromatic N) is 1. The van der Waals surface area contributed by atoms with Crippen LogP contribution in [-0.2, 0) is 0 Å². The molecule has 0 saturated heterocycles. The second-order valence-electron chi connectivity index (χ2n) is 4.70. The van der Waals surface area contributed by atoms with Crippen LogP contribution in [0.3, 0.4) is 0 Å². The smallest absolute Gasteiger partial charge is 0.119 e. The van der Waals surface area contributed by atoms with Gasteiger partial charge in [-0.1, -0.05) is 13.3 Å². The highest BCUT2D eigenvalue weighted by Gasteiger charge is 2.07. The van der Waals surface area contributed by atoms with E-state index in [2.05, 4.69) is 5.32 Å². The van der Waals surface area contributed by atoms with Gasteiger partial charge in [-0.25, -0.2) is 0 Å². The van der Waals surface area contributed by atoms with Crippen LogP contribution in [0.1, 0.15) is 25.3 Å². The molecule has 0 fully saturated rings. The Kier molecular flexibility index (Phi) is 7.66. The lowest BCUT2D eigenvalue weighted by atomic mass is 10.2. The molecule has 1 aromatic rings. The molecule has 0 aliphatic heterocycles. The molecule has 3 N–H and O–H groups in total. The third-order valence-corrected chi connectivity index (χ3v) is 2.81. The monoisotopic (exact) mass is 278 g/mol. The average Bonchev–Trinajstić information content (AvgIpc) is 2.46. The van der Waals surface area contributed by atoms with Crippen molar-refractivity contribution in [1.29, 1.82) is 5.26 Å². The van der Waals surface area contributed by atoms with Crippen LogP contribution in [-0.4, -0.2) is 42.1 Å². The van der Waals surface area contributed by atoms with Crippen LogP contribution in [0, 0.1) is 11.3 Å². The van der Waals surface area contributed by atoms with E-state index in [9.17, 15) is 10.2 Å². The Labute approximate surface area is 119 Å². The number of hydrogen-bond donors (Lipinski definition) is 3. The lowest BCUT2D eigenvalue weighted by Crippen LogP contribution is -2.35. The van der Waals surface area contributed by atoms with Gasteiger partial charge in [0.05, 0.1) is 17.7 Å². The fraction of sp³-hybridized carbons (Fsp3) is 0.533. The van der Waals surface area contributed by atoms with Crippen molar-refractivity contribution in [2.45, 2.75) is 32.0 Å². The molecule has 1 aromatic carbocycles. The summed E-state index contributed by atoms with van der Waals surface area (Å²) in [5, 5.41) is 30.9. The van der Waals surface area contributed by atoms with Crippen LogP contribution in [0.5, 0.6) is 5.75 Å². The first-order valence-corrected chi connectivity index (χ1v) is 6.85. The molecule has 5 nitrogen and oxygen atoms in total. The molecule has 0 aromatic heterocycles. The van der Waals surface area contributed by atoms with Gasteiger partial charge >= 0.3 is 0 Å². The van der Waals surface area contributed by atoms with E-state index in [4.69, 9.17) is 10.00 Å². The number of aliphatic hydroxyl groups excluding tert-OH is 2. The summed E-state index contributed by atoms with van der Waals surface area (Å²) in [5.74, 6) is 0.620. The number of nitrogens with one attached hydrogen (secondary N) is 1. The van der Waals surface area contributed by atoms with Crippen molar-refractivity contribution in [1.82, 2.24) is 5.32 Å². The third-order valence-electron chi connectivity index (χ3n) is 2.81. The summed E-state index contributed by atoms with van der Waals surface area (Å²) in [5.41, 5.74) is 0.574. The fourth-order valence-corrected chi connectivity index (χ4v) is 1.73. The molecule has 0 aliphatic carbocycles. The van der Waals surface area contributed by atoms with E-state index in [1.54, 1.807) is 24.3 Å². The predicted octanol–water partition coefficient (Wildman–Crippen LogP) is 1.05. The highest BCUT2D eigenvalue weighted by atomic mass is 16.5. The molecular formula is C15H22N2O3. The molecule has 2 atom stereocenters. The fourth-order valence-electron chi connectivity index (χ4n) is 1.73. The molecule has 0 bridgehead atoms. The Hall–Kier alpha value is -1.61. The molecule has 0 amide bonds. The number of hydrogen-bond acceptors (Lipinski definition) is 5. The minimum absolute atomic E-state index is 0.169. The largest absolute Gasteiger partial charge is 0.491 e. The lowest BCUT2D eigenvalue weighted by Gasteiger charge is -2.15. The van der Waals surface area contributed by atoms with E-state index < -0.39 is 6.10 Å². The summed E-state index contributed by atoms with van der Waals surface area (Å²) in [6.45, 7) is 3.03. The van der Waals surface area contributed by atoms with Crippen LogP contribution in [0.4, 0.5) is 0 Å². The van der Waals surface area contributed by atoms with Crippen molar-refractivity contribution >= 4 is 0 Å². The van der Waals surface area contributed by atoms with Crippen LogP contribution in [0.15, 0.2) is 24.3 Å². The van der Waals surface area contributed by atoms with Gasteiger partial charge in [-0.15, -0.1) is 0 Å². The van der Waals surface area contributed by atoms with E-state index in [0.29, 0.717) is 24.4 Å². The first-order valence-electron chi connectivity index (χ1n) is 6.85. The van der Waals surface area contributed by atoms with Crippen molar-refractivity contribution in [3.8, 4) is 11.8 Å². The number of ether oxygens (including phenoxy) is 1. The zero-order valence-electron chi connectivity index (χ0n) is 11.7. The molecular weight excluding hydrogens is 256 g/mol. The molecule has 1 rings (SSSR count). The Bertz CT molecular complexity index is 414. The molecule has 0 heterocycles. The Morgan fingerprint density at radius 3 is 2.45 bits per heavy atom. The number of nitriles is 1. The van der Waals surface area contributed by atoms with Gasteiger partial charge in [-0.05, 0) is 30.7 Å². The number of benzene rings is 1. The van der Waals surface area contributed by atoms with Crippen LogP contribution < -0.4 is 10.1 Å². The topological polar surface area (TPSA) is 85.5 Å². The van der Waals surface area contributed by atoms with Crippen molar-refractivity contribution in [2.24, 2.45) is 0 Å². The SMILES string of the molecule is CCCC(O)CNCC(O)COc1ccc(C#N)cc1. The Morgan fingerprint density at radius 2 is 1.85 bits per heavy atom. The van der Waals surface area contributed by atoms with Crippen LogP contribution in [0.2, 0.25) is 0 Å². The maximum absolute atomic E-state index is 9.73. The van der Waals surface area contributed by atoms with E-state index in [-0.39, 0.29) is 12.7 Å². The first-order chi connectivity index (χ1) is 9.65. The molecule has 0 saturated carbocycles. The van der Waals surface area contributed by atoms with Gasteiger partial charge in [0.1, 0.15) is 18.5 Å². The zero-order valence-corrected chi connectivity index (χ0v) is 11.7. The minimum Gasteiger partial charge on any atom is -0.491 e. The van der Waals surface area contributed by atoms with E-state index in [1.165, 1.54) is 0 Å². The first kappa shape index (κ1) is 16.4. The van der Waals surface area contributed by atoms with E-state index in [0.717, 1.165) is 12.8 Å². The molecule has 110 valence electrons. The van der Waals surface area contributed by atoms with Crippen molar-refractivity contribution in [2.75, 3.05) is 19.7 Å². The van der Waals surface area contributed by atoms with Crippen molar-refractivity contribution in [3.05, 3.63) is 29.8 Å². The summed E-state index contributed by atoms with van der Waals surface area (Å²) in [6, 6.07) is 8.76. The average molecular weight is 278 g/mol. The maximum atomic E-state index is 9.73. The van der Waals surface area contributed by atoms with Crippen molar-refractivity contribution < 1.29 is 14.9 Å². The highest BCUT2D eigenvalue weighted by Crippen LogP contribution is 2.11. The quantitative estimate of drug-likeness (QED) is 0.628. The molecule has 2 unspecified atom stereocenters. The van der Waals surface area contributed by atoms with Crippen molar-refractivity contribution in [3.63, 3.8) is 0 Å². The third kappa shape index (κ3) is 6.53. The van der Waals surface area contributed by atoms with Gasteiger partial charge in [0.15, 0.2) is 0 Å². The van der Waals surface area contributed by atoms with Gasteiger partial charge in [0, 0.05) is 13.1 Å². The molecule has 0 radical (unpaired) electrons. The molecule has 0 spiro atoms. The minimum atomic E-state index is -0.639. The Balaban J connectivity index is 2.19. The van der Waals surface area contributed by atoms with Gasteiger partial charge in [0.2, 0.25) is 0 Å². The van der Waals surface area contributed by atoms with Gasteiger partial charge in [0.25, 0.3) is 0 Å². The second-order valence-corrected chi connectivity index (χ2v) is 4.70. The van der Waals surface area contributed by atoms with Gasteiger partial charge in [-0.2, -0.15) is 5.26 Å². The zero-order chi connectivity index (χ0) is 14.8. The summed E-state index contributed by atoms with van der Waals surface area (Å²) >= 11 is 0. The van der Waals surface area contributed by atoms with Gasteiger partial charge < -0.3 is 20.3 Å². The van der Waals surface area contributed by atoms with E-state index >= 15 is 0 Å². The van der Waals surface area contributed by atoms with E-state index in [1.807, 2.05) is 13.0 Å². The maximum Gasteiger partial charge on any atom is 0.119 e. The van der Waals surface area contributed by atoms with Crippen LogP contribution >= 0.6 is 0 Å².